The SMILES string of the molecule is c1ccc(-c2c3c(c(-c4ccccc4)c4c(-c5ccccc5)c5ccccc5c(-c5ccccc5)c24)C2CCC3CC2)cc1. The van der Waals surface area contributed by atoms with Gasteiger partial charge < -0.3 is 0 Å². The second-order valence-electron chi connectivity index (χ2n) is 12.6. The molecule has 0 aliphatic heterocycles. The molecule has 0 radical (unpaired) electrons. The standard InChI is InChI=1S/C44H34/c1-5-15-29(16-6-1)37-35-23-13-14-24-36(35)38(30-17-7-2-8-18-30)44-42(32-21-11-4-12-22-32)40-34-27-25-33(26-28-34)39(40)41(43(37)44)31-19-9-3-10-20-31/h1-24,33-34H,25-28H2. The van der Waals surface area contributed by atoms with Crippen molar-refractivity contribution in [3.63, 3.8) is 0 Å². The summed E-state index contributed by atoms with van der Waals surface area (Å²) in [6.07, 6.45) is 5.15. The van der Waals surface area contributed by atoms with E-state index >= 15 is 0 Å². The fraction of sp³-hybridized carbons (Fsp3) is 0.136. The lowest BCUT2D eigenvalue weighted by Crippen LogP contribution is -2.24. The fourth-order valence-electron chi connectivity index (χ4n) is 8.61. The van der Waals surface area contributed by atoms with Crippen LogP contribution in [0.4, 0.5) is 0 Å². The van der Waals surface area contributed by atoms with E-state index in [1.165, 1.54) is 91.7 Å². The van der Waals surface area contributed by atoms with Crippen molar-refractivity contribution in [2.75, 3.05) is 0 Å². The highest BCUT2D eigenvalue weighted by Crippen LogP contribution is 2.61. The monoisotopic (exact) mass is 562 g/mol. The summed E-state index contributed by atoms with van der Waals surface area (Å²) in [5.74, 6) is 1.18. The molecule has 3 aliphatic rings. The van der Waals surface area contributed by atoms with Gasteiger partial charge in [0.2, 0.25) is 0 Å². The van der Waals surface area contributed by atoms with E-state index in [1.54, 1.807) is 11.1 Å². The minimum Gasteiger partial charge on any atom is -0.0622 e. The Labute approximate surface area is 259 Å². The van der Waals surface area contributed by atoms with Gasteiger partial charge in [-0.1, -0.05) is 146 Å². The third-order valence-electron chi connectivity index (χ3n) is 10.3. The summed E-state index contributed by atoms with van der Waals surface area (Å²) in [6, 6.07) is 54.1. The summed E-state index contributed by atoms with van der Waals surface area (Å²) in [4.78, 5) is 0. The first-order valence-corrected chi connectivity index (χ1v) is 16.2. The molecule has 0 N–H and O–H groups in total. The zero-order valence-corrected chi connectivity index (χ0v) is 24.8. The molecule has 0 heterocycles. The third-order valence-corrected chi connectivity index (χ3v) is 10.3. The number of hydrogen-bond acceptors (Lipinski definition) is 0. The molecule has 10 rings (SSSR count). The van der Waals surface area contributed by atoms with E-state index in [0.29, 0.717) is 11.8 Å². The molecule has 210 valence electrons. The number of benzene rings is 7. The average molecular weight is 563 g/mol. The highest BCUT2D eigenvalue weighted by atomic mass is 14.4. The summed E-state index contributed by atoms with van der Waals surface area (Å²) in [5, 5.41) is 5.46. The molecule has 3 aliphatic carbocycles. The quantitative estimate of drug-likeness (QED) is 0.187. The van der Waals surface area contributed by atoms with Gasteiger partial charge in [0.25, 0.3) is 0 Å². The lowest BCUT2D eigenvalue weighted by atomic mass is 9.61. The van der Waals surface area contributed by atoms with Gasteiger partial charge >= 0.3 is 0 Å². The Morgan fingerprint density at radius 1 is 0.295 bits per heavy atom. The molecule has 0 spiro atoms. The van der Waals surface area contributed by atoms with Crippen LogP contribution in [0.3, 0.4) is 0 Å². The van der Waals surface area contributed by atoms with E-state index in [1.807, 2.05) is 0 Å². The van der Waals surface area contributed by atoms with E-state index in [2.05, 4.69) is 146 Å². The van der Waals surface area contributed by atoms with Gasteiger partial charge in [-0.05, 0) is 115 Å². The van der Waals surface area contributed by atoms with E-state index in [4.69, 9.17) is 0 Å². The van der Waals surface area contributed by atoms with Gasteiger partial charge in [-0.3, -0.25) is 0 Å². The van der Waals surface area contributed by atoms with E-state index in [9.17, 15) is 0 Å². The number of rotatable bonds is 4. The van der Waals surface area contributed by atoms with Gasteiger partial charge in [0, 0.05) is 0 Å². The van der Waals surface area contributed by atoms with E-state index in [-0.39, 0.29) is 0 Å². The Morgan fingerprint density at radius 3 is 0.886 bits per heavy atom. The molecule has 0 amide bonds. The molecular formula is C44H34. The lowest BCUT2D eigenvalue weighted by Gasteiger charge is -2.42. The first-order valence-electron chi connectivity index (χ1n) is 16.2. The molecule has 2 bridgehead atoms. The van der Waals surface area contributed by atoms with Crippen LogP contribution in [0.2, 0.25) is 0 Å². The molecule has 0 nitrogen and oxygen atoms in total. The summed E-state index contributed by atoms with van der Waals surface area (Å²) in [5.41, 5.74) is 14.1. The van der Waals surface area contributed by atoms with Crippen molar-refractivity contribution in [3.05, 3.63) is 157 Å². The minimum absolute atomic E-state index is 0.590. The second-order valence-corrected chi connectivity index (χ2v) is 12.6. The first-order chi connectivity index (χ1) is 21.9. The summed E-state index contributed by atoms with van der Waals surface area (Å²) >= 11 is 0. The fourth-order valence-corrected chi connectivity index (χ4v) is 8.61. The van der Waals surface area contributed by atoms with Gasteiger partial charge in [-0.15, -0.1) is 0 Å². The van der Waals surface area contributed by atoms with Gasteiger partial charge in [0.05, 0.1) is 0 Å². The Balaban J connectivity index is 1.64. The molecule has 0 unspecified atom stereocenters. The van der Waals surface area contributed by atoms with Crippen molar-refractivity contribution in [2.24, 2.45) is 0 Å². The smallest absolute Gasteiger partial charge is 0.000477 e. The van der Waals surface area contributed by atoms with Crippen molar-refractivity contribution in [1.29, 1.82) is 0 Å². The maximum absolute atomic E-state index is 2.35. The molecule has 0 atom stereocenters. The molecule has 0 saturated heterocycles. The Bertz CT molecular complexity index is 1980. The Kier molecular flexibility index (Phi) is 6.01. The van der Waals surface area contributed by atoms with Crippen LogP contribution in [0.5, 0.6) is 0 Å². The van der Waals surface area contributed by atoms with Crippen molar-refractivity contribution in [2.45, 2.75) is 37.5 Å². The van der Waals surface area contributed by atoms with Crippen LogP contribution < -0.4 is 0 Å². The van der Waals surface area contributed by atoms with E-state index < -0.39 is 0 Å². The predicted octanol–water partition coefficient (Wildman–Crippen LogP) is 12.4. The summed E-state index contributed by atoms with van der Waals surface area (Å²) < 4.78 is 0. The van der Waals surface area contributed by atoms with Gasteiger partial charge in [0.1, 0.15) is 0 Å². The van der Waals surface area contributed by atoms with E-state index in [0.717, 1.165) is 0 Å². The van der Waals surface area contributed by atoms with Crippen LogP contribution >= 0.6 is 0 Å². The highest BCUT2D eigenvalue weighted by Gasteiger charge is 2.39. The minimum atomic E-state index is 0.590. The molecule has 0 aromatic heterocycles. The van der Waals surface area contributed by atoms with Crippen molar-refractivity contribution < 1.29 is 0 Å². The molecule has 44 heavy (non-hydrogen) atoms. The summed E-state index contributed by atoms with van der Waals surface area (Å²) in [6.45, 7) is 0. The molecule has 1 fully saturated rings. The molecule has 7 aromatic rings. The topological polar surface area (TPSA) is 0 Å². The third kappa shape index (κ3) is 3.84. The molecule has 7 aromatic carbocycles. The van der Waals surface area contributed by atoms with Crippen LogP contribution in [-0.2, 0) is 0 Å². The first kappa shape index (κ1) is 25.5. The van der Waals surface area contributed by atoms with Gasteiger partial charge in [-0.2, -0.15) is 0 Å². The van der Waals surface area contributed by atoms with Crippen LogP contribution in [-0.4, -0.2) is 0 Å². The van der Waals surface area contributed by atoms with Gasteiger partial charge in [0.15, 0.2) is 0 Å². The maximum Gasteiger partial charge on any atom is -0.000477 e. The number of fused-ring (bicyclic) bond motifs is 4. The molecule has 1 saturated carbocycles. The van der Waals surface area contributed by atoms with Crippen LogP contribution in [0.15, 0.2) is 146 Å². The zero-order valence-electron chi connectivity index (χ0n) is 24.8. The molecular weight excluding hydrogens is 528 g/mol. The Hall–Kier alpha value is -4.94. The van der Waals surface area contributed by atoms with Crippen molar-refractivity contribution >= 4 is 21.5 Å². The van der Waals surface area contributed by atoms with Crippen LogP contribution in [0, 0.1) is 0 Å². The lowest BCUT2D eigenvalue weighted by molar-refractivity contribution is 0.361. The normalized spacial score (nSPS) is 17.2. The van der Waals surface area contributed by atoms with Crippen LogP contribution in [0.25, 0.3) is 66.1 Å². The molecule has 0 heteroatoms. The van der Waals surface area contributed by atoms with Gasteiger partial charge in [-0.25, -0.2) is 0 Å². The van der Waals surface area contributed by atoms with Crippen molar-refractivity contribution in [3.8, 4) is 44.5 Å². The zero-order chi connectivity index (χ0) is 29.0. The predicted molar refractivity (Wildman–Crippen MR) is 187 cm³/mol. The maximum atomic E-state index is 2.35. The second kappa shape index (κ2) is 10.4. The van der Waals surface area contributed by atoms with Crippen LogP contribution in [0.1, 0.15) is 48.6 Å². The van der Waals surface area contributed by atoms with Crippen molar-refractivity contribution in [1.82, 2.24) is 0 Å². The summed E-state index contributed by atoms with van der Waals surface area (Å²) in [7, 11) is 0. The highest BCUT2D eigenvalue weighted by molar-refractivity contribution is 6.29. The Morgan fingerprint density at radius 2 is 0.568 bits per heavy atom. The average Bonchev–Trinajstić information content (AvgIpc) is 3.11. The number of hydrogen-bond donors (Lipinski definition) is 0. The largest absolute Gasteiger partial charge is 0.0622 e.